The molecule has 1 heterocycles. The molecular formula is C20H37N3O7. The summed E-state index contributed by atoms with van der Waals surface area (Å²) in [5.41, 5.74) is 0. The number of rotatable bonds is 15. The van der Waals surface area contributed by atoms with Gasteiger partial charge >= 0.3 is 5.97 Å². The first-order valence-electron chi connectivity index (χ1n) is 10.5. The molecule has 1 aliphatic heterocycles. The quantitative estimate of drug-likeness (QED) is 0.265. The Balaban J connectivity index is 2.36. The smallest absolute Gasteiger partial charge is 0.302 e. The van der Waals surface area contributed by atoms with Crippen molar-refractivity contribution in [2.24, 2.45) is 5.92 Å². The fourth-order valence-electron chi connectivity index (χ4n) is 2.92. The highest BCUT2D eigenvalue weighted by Gasteiger charge is 2.40. The first-order valence-corrected chi connectivity index (χ1v) is 10.5. The molecule has 10 heteroatoms. The third-order valence-corrected chi connectivity index (χ3v) is 4.37. The summed E-state index contributed by atoms with van der Waals surface area (Å²) >= 11 is 0. The molecule has 0 bridgehead atoms. The van der Waals surface area contributed by atoms with E-state index >= 15 is 0 Å². The first-order chi connectivity index (χ1) is 14.3. The molecule has 0 aromatic carbocycles. The Kier molecular flexibility index (Phi) is 13.2. The lowest BCUT2D eigenvalue weighted by molar-refractivity contribution is -0.147. The average Bonchev–Trinajstić information content (AvgIpc) is 3.10. The van der Waals surface area contributed by atoms with E-state index in [1.165, 1.54) is 11.8 Å². The highest BCUT2D eigenvalue weighted by molar-refractivity contribution is 5.89. The summed E-state index contributed by atoms with van der Waals surface area (Å²) in [5, 5.41) is 5.82. The van der Waals surface area contributed by atoms with E-state index in [2.05, 4.69) is 10.6 Å². The van der Waals surface area contributed by atoms with Crippen LogP contribution in [0.4, 0.5) is 0 Å². The van der Waals surface area contributed by atoms with Crippen LogP contribution in [0.2, 0.25) is 0 Å². The van der Waals surface area contributed by atoms with Crippen molar-refractivity contribution in [2.75, 3.05) is 66.3 Å². The van der Waals surface area contributed by atoms with E-state index in [0.717, 1.165) is 6.54 Å². The SMILES string of the molecule is CNCCOCCOCCOCC(=O)N1CC(OC(C)=O)CC1C(=O)NCC(C)C. The van der Waals surface area contributed by atoms with Gasteiger partial charge in [0.15, 0.2) is 0 Å². The van der Waals surface area contributed by atoms with Crippen molar-refractivity contribution in [2.45, 2.75) is 39.3 Å². The van der Waals surface area contributed by atoms with Crippen molar-refractivity contribution < 1.29 is 33.3 Å². The minimum atomic E-state index is -0.671. The third-order valence-electron chi connectivity index (χ3n) is 4.37. The predicted octanol–water partition coefficient (Wildman–Crippen LogP) is -0.440. The van der Waals surface area contributed by atoms with Gasteiger partial charge < -0.3 is 34.5 Å². The molecule has 174 valence electrons. The van der Waals surface area contributed by atoms with Crippen LogP contribution in [0.1, 0.15) is 27.2 Å². The molecular weight excluding hydrogens is 394 g/mol. The Hall–Kier alpha value is -1.75. The lowest BCUT2D eigenvalue weighted by atomic mass is 10.1. The second-order valence-electron chi connectivity index (χ2n) is 7.55. The van der Waals surface area contributed by atoms with Crippen LogP contribution in [0.3, 0.4) is 0 Å². The van der Waals surface area contributed by atoms with E-state index in [4.69, 9.17) is 18.9 Å². The minimum absolute atomic E-state index is 0.164. The number of hydrogen-bond acceptors (Lipinski definition) is 8. The molecule has 0 saturated carbocycles. The summed E-state index contributed by atoms with van der Waals surface area (Å²) in [6.45, 7) is 8.80. The first kappa shape index (κ1) is 26.3. The van der Waals surface area contributed by atoms with Crippen LogP contribution >= 0.6 is 0 Å². The molecule has 2 unspecified atom stereocenters. The van der Waals surface area contributed by atoms with Gasteiger partial charge in [0, 0.05) is 26.4 Å². The lowest BCUT2D eigenvalue weighted by Crippen LogP contribution is -2.47. The number of hydrogen-bond donors (Lipinski definition) is 2. The van der Waals surface area contributed by atoms with Crippen LogP contribution in [0.15, 0.2) is 0 Å². The molecule has 2 N–H and O–H groups in total. The molecule has 2 amide bonds. The van der Waals surface area contributed by atoms with Gasteiger partial charge in [0.2, 0.25) is 11.8 Å². The topological polar surface area (TPSA) is 115 Å². The summed E-state index contributed by atoms with van der Waals surface area (Å²) < 4.78 is 21.3. The molecule has 0 aromatic rings. The fourth-order valence-corrected chi connectivity index (χ4v) is 2.92. The Morgan fingerprint density at radius 3 is 2.27 bits per heavy atom. The predicted molar refractivity (Wildman–Crippen MR) is 110 cm³/mol. The highest BCUT2D eigenvalue weighted by atomic mass is 16.5. The molecule has 0 spiro atoms. The molecule has 0 aliphatic carbocycles. The number of carbonyl (C=O) groups excluding carboxylic acids is 3. The normalized spacial score (nSPS) is 18.6. The fraction of sp³-hybridized carbons (Fsp3) is 0.850. The van der Waals surface area contributed by atoms with Crippen molar-refractivity contribution in [3.8, 4) is 0 Å². The van der Waals surface area contributed by atoms with Gasteiger partial charge in [-0.15, -0.1) is 0 Å². The van der Waals surface area contributed by atoms with Crippen molar-refractivity contribution >= 4 is 17.8 Å². The van der Waals surface area contributed by atoms with Crippen LogP contribution in [0.25, 0.3) is 0 Å². The number of carbonyl (C=O) groups is 3. The van der Waals surface area contributed by atoms with Crippen LogP contribution in [0.5, 0.6) is 0 Å². The van der Waals surface area contributed by atoms with Gasteiger partial charge in [0.25, 0.3) is 0 Å². The Morgan fingerprint density at radius 2 is 1.67 bits per heavy atom. The number of nitrogens with one attached hydrogen (secondary N) is 2. The van der Waals surface area contributed by atoms with Gasteiger partial charge in [0.05, 0.1) is 39.6 Å². The summed E-state index contributed by atoms with van der Waals surface area (Å²) in [5.74, 6) is -0.696. The van der Waals surface area contributed by atoms with Crippen LogP contribution in [-0.4, -0.2) is 101 Å². The van der Waals surface area contributed by atoms with Gasteiger partial charge in [-0.05, 0) is 13.0 Å². The average molecular weight is 432 g/mol. The number of nitrogens with zero attached hydrogens (tertiary/aromatic N) is 1. The number of amides is 2. The number of ether oxygens (including phenoxy) is 4. The van der Waals surface area contributed by atoms with E-state index in [1.54, 1.807) is 0 Å². The zero-order chi connectivity index (χ0) is 22.4. The molecule has 1 saturated heterocycles. The van der Waals surface area contributed by atoms with Crippen molar-refractivity contribution in [3.63, 3.8) is 0 Å². The van der Waals surface area contributed by atoms with E-state index < -0.39 is 18.1 Å². The van der Waals surface area contributed by atoms with Crippen molar-refractivity contribution in [3.05, 3.63) is 0 Å². The maximum Gasteiger partial charge on any atom is 0.302 e. The van der Waals surface area contributed by atoms with Gasteiger partial charge in [0.1, 0.15) is 18.8 Å². The molecule has 1 fully saturated rings. The highest BCUT2D eigenvalue weighted by Crippen LogP contribution is 2.21. The molecule has 1 aliphatic rings. The van der Waals surface area contributed by atoms with Crippen molar-refractivity contribution in [1.29, 1.82) is 0 Å². The van der Waals surface area contributed by atoms with Crippen LogP contribution in [-0.2, 0) is 33.3 Å². The maximum atomic E-state index is 12.6. The molecule has 0 radical (unpaired) electrons. The molecule has 0 aromatic heterocycles. The zero-order valence-electron chi connectivity index (χ0n) is 18.6. The number of esters is 1. The largest absolute Gasteiger partial charge is 0.461 e. The van der Waals surface area contributed by atoms with Gasteiger partial charge in [-0.3, -0.25) is 14.4 Å². The monoisotopic (exact) mass is 431 g/mol. The minimum Gasteiger partial charge on any atom is -0.461 e. The second-order valence-corrected chi connectivity index (χ2v) is 7.55. The Bertz CT molecular complexity index is 531. The van der Waals surface area contributed by atoms with E-state index in [1.807, 2.05) is 20.9 Å². The number of likely N-dealkylation sites (N-methyl/N-ethyl adjacent to an activating group) is 1. The van der Waals surface area contributed by atoms with Crippen LogP contribution < -0.4 is 10.6 Å². The van der Waals surface area contributed by atoms with Crippen LogP contribution in [0, 0.1) is 5.92 Å². The standard InChI is InChI=1S/C20H37N3O7/c1-15(2)12-22-20(26)18-11-17(30-16(3)24)13-23(18)19(25)14-29-10-9-28-8-7-27-6-5-21-4/h15,17-18,21H,5-14H2,1-4H3,(H,22,26). The summed E-state index contributed by atoms with van der Waals surface area (Å²) in [6.07, 6.45) is -0.209. The second kappa shape index (κ2) is 15.1. The van der Waals surface area contributed by atoms with Gasteiger partial charge in [-0.25, -0.2) is 0 Å². The molecule has 1 rings (SSSR count). The number of likely N-dealkylation sites (tertiary alicyclic amines) is 1. The molecule has 30 heavy (non-hydrogen) atoms. The van der Waals surface area contributed by atoms with E-state index in [9.17, 15) is 14.4 Å². The summed E-state index contributed by atoms with van der Waals surface area (Å²) in [6, 6.07) is -0.671. The molecule has 10 nitrogen and oxygen atoms in total. The van der Waals surface area contributed by atoms with E-state index in [0.29, 0.717) is 38.9 Å². The maximum absolute atomic E-state index is 12.6. The van der Waals surface area contributed by atoms with Gasteiger partial charge in [-0.1, -0.05) is 13.8 Å². The van der Waals surface area contributed by atoms with E-state index in [-0.39, 0.29) is 38.0 Å². The Morgan fingerprint density at radius 1 is 1.03 bits per heavy atom. The van der Waals surface area contributed by atoms with Crippen molar-refractivity contribution in [1.82, 2.24) is 15.5 Å². The van der Waals surface area contributed by atoms with Gasteiger partial charge in [-0.2, -0.15) is 0 Å². The molecule has 2 atom stereocenters. The lowest BCUT2D eigenvalue weighted by Gasteiger charge is -2.24. The summed E-state index contributed by atoms with van der Waals surface area (Å²) in [4.78, 5) is 37.8. The third kappa shape index (κ3) is 10.9. The summed E-state index contributed by atoms with van der Waals surface area (Å²) in [7, 11) is 1.86. The zero-order valence-corrected chi connectivity index (χ0v) is 18.6. The Labute approximate surface area is 178 Å².